The molecule has 204 valence electrons. The molecular weight excluding hydrogens is 496 g/mol. The highest BCUT2D eigenvalue weighted by atomic mass is 16.4. The van der Waals surface area contributed by atoms with Crippen molar-refractivity contribution < 1.29 is 19.5 Å². The molecule has 0 unspecified atom stereocenters. The fraction of sp³-hybridized carbons (Fsp3) is 0.310. The van der Waals surface area contributed by atoms with Crippen molar-refractivity contribution >= 4 is 23.6 Å². The van der Waals surface area contributed by atoms with E-state index in [0.717, 1.165) is 29.7 Å². The van der Waals surface area contributed by atoms with Crippen molar-refractivity contribution in [2.45, 2.75) is 30.8 Å². The highest BCUT2D eigenvalue weighted by Crippen LogP contribution is 2.28. The van der Waals surface area contributed by atoms with Crippen molar-refractivity contribution in [3.8, 4) is 0 Å². The molecule has 39 heavy (non-hydrogen) atoms. The number of nitrogens with zero attached hydrogens (tertiary/aromatic N) is 1. The summed E-state index contributed by atoms with van der Waals surface area (Å²) in [6, 6.07) is 17.8. The van der Waals surface area contributed by atoms with Gasteiger partial charge < -0.3 is 26.4 Å². The van der Waals surface area contributed by atoms with Crippen molar-refractivity contribution in [3.05, 3.63) is 95.2 Å². The van der Waals surface area contributed by atoms with Gasteiger partial charge in [-0.1, -0.05) is 66.7 Å². The summed E-state index contributed by atoms with van der Waals surface area (Å²) >= 11 is 0. The standard InChI is InChI=1S/C29H34N6O4/c30-27(31)23-14-13-19(18-35(23)29(39)22-12-7-15-32-22)16-34-28(38)26(33-17-24(36)37)25(20-8-3-1-4-9-20)21-10-5-2-6-11-21/h1-6,8-11,13-14,22,25-26,32-33H,7,12,15-18H2,(H3,30,31)(H,34,38)(H,36,37)/t22-,26+/m0/s1. The zero-order valence-electron chi connectivity index (χ0n) is 21.6. The Morgan fingerprint density at radius 2 is 1.69 bits per heavy atom. The van der Waals surface area contributed by atoms with Crippen LogP contribution in [0.25, 0.3) is 0 Å². The lowest BCUT2D eigenvalue weighted by atomic mass is 9.84. The summed E-state index contributed by atoms with van der Waals surface area (Å²) in [5.74, 6) is -2.24. The molecule has 0 spiro atoms. The third-order valence-electron chi connectivity index (χ3n) is 6.93. The van der Waals surface area contributed by atoms with Gasteiger partial charge >= 0.3 is 5.97 Å². The minimum Gasteiger partial charge on any atom is -0.480 e. The Hall–Kier alpha value is -4.28. The first-order chi connectivity index (χ1) is 18.8. The minimum atomic E-state index is -1.07. The molecule has 4 rings (SSSR count). The maximum Gasteiger partial charge on any atom is 0.317 e. The van der Waals surface area contributed by atoms with E-state index >= 15 is 0 Å². The number of amidine groups is 1. The van der Waals surface area contributed by atoms with E-state index in [0.29, 0.717) is 12.1 Å². The van der Waals surface area contributed by atoms with Gasteiger partial charge in [0.2, 0.25) is 11.8 Å². The van der Waals surface area contributed by atoms with Crippen molar-refractivity contribution in [2.24, 2.45) is 5.73 Å². The van der Waals surface area contributed by atoms with Crippen LogP contribution in [0.2, 0.25) is 0 Å². The van der Waals surface area contributed by atoms with Crippen molar-refractivity contribution in [1.29, 1.82) is 5.41 Å². The second-order valence-electron chi connectivity index (χ2n) is 9.63. The fourth-order valence-corrected chi connectivity index (χ4v) is 5.03. The molecule has 2 atom stereocenters. The first kappa shape index (κ1) is 27.7. The third-order valence-corrected chi connectivity index (χ3v) is 6.93. The van der Waals surface area contributed by atoms with Gasteiger partial charge in [-0.3, -0.25) is 25.1 Å². The van der Waals surface area contributed by atoms with Crippen molar-refractivity contribution in [2.75, 3.05) is 26.2 Å². The van der Waals surface area contributed by atoms with E-state index in [1.54, 1.807) is 12.2 Å². The van der Waals surface area contributed by atoms with Crippen molar-refractivity contribution in [3.63, 3.8) is 0 Å². The molecule has 0 aromatic heterocycles. The average molecular weight is 531 g/mol. The molecule has 0 aliphatic carbocycles. The van der Waals surface area contributed by atoms with E-state index in [1.165, 1.54) is 4.90 Å². The van der Waals surface area contributed by atoms with Crippen LogP contribution in [-0.2, 0) is 14.4 Å². The van der Waals surface area contributed by atoms with Crippen LogP contribution in [0.3, 0.4) is 0 Å². The van der Waals surface area contributed by atoms with Crippen LogP contribution in [0.4, 0.5) is 0 Å². The number of hydrogen-bond acceptors (Lipinski definition) is 6. The van der Waals surface area contributed by atoms with Gasteiger partial charge in [-0.25, -0.2) is 0 Å². The topological polar surface area (TPSA) is 161 Å². The van der Waals surface area contributed by atoms with Gasteiger partial charge in [-0.2, -0.15) is 0 Å². The van der Waals surface area contributed by atoms with E-state index in [9.17, 15) is 19.5 Å². The van der Waals surface area contributed by atoms with Crippen molar-refractivity contribution in [1.82, 2.24) is 20.9 Å². The summed E-state index contributed by atoms with van der Waals surface area (Å²) < 4.78 is 0. The molecule has 2 aromatic rings. The smallest absolute Gasteiger partial charge is 0.317 e. The number of nitrogens with two attached hydrogens (primary N) is 1. The SMILES string of the molecule is N=C(N)C1=CC=C(CNC(=O)[C@H](NCC(=O)O)C(c2ccccc2)c2ccccc2)CN1C(=O)[C@@H]1CCCN1. The monoisotopic (exact) mass is 530 g/mol. The minimum absolute atomic E-state index is 0.143. The molecule has 2 heterocycles. The maximum absolute atomic E-state index is 13.6. The van der Waals surface area contributed by atoms with Gasteiger partial charge in [0.25, 0.3) is 0 Å². The predicted molar refractivity (Wildman–Crippen MR) is 148 cm³/mol. The van der Waals surface area contributed by atoms with Crippen LogP contribution in [0.15, 0.2) is 84.1 Å². The van der Waals surface area contributed by atoms with Crippen LogP contribution in [0, 0.1) is 5.41 Å². The number of benzene rings is 2. The van der Waals surface area contributed by atoms with Crippen LogP contribution in [-0.4, -0.2) is 71.9 Å². The van der Waals surface area contributed by atoms with Crippen LogP contribution in [0.5, 0.6) is 0 Å². The number of carbonyl (C=O) groups is 3. The quantitative estimate of drug-likeness (QED) is 0.189. The lowest BCUT2D eigenvalue weighted by Crippen LogP contribution is -2.51. The number of carbonyl (C=O) groups excluding carboxylic acids is 2. The van der Waals surface area contributed by atoms with E-state index in [-0.39, 0.29) is 36.8 Å². The van der Waals surface area contributed by atoms with Gasteiger partial charge in [-0.15, -0.1) is 0 Å². The third kappa shape index (κ3) is 6.98. The number of carboxylic acids is 1. The number of allylic oxidation sites excluding steroid dienone is 2. The summed E-state index contributed by atoms with van der Waals surface area (Å²) in [7, 11) is 0. The first-order valence-electron chi connectivity index (χ1n) is 13.0. The molecule has 1 saturated heterocycles. The molecular formula is C29H34N6O4. The van der Waals surface area contributed by atoms with Gasteiger partial charge in [0, 0.05) is 19.0 Å². The van der Waals surface area contributed by atoms with Gasteiger partial charge in [0.15, 0.2) is 0 Å². The molecule has 10 nitrogen and oxygen atoms in total. The van der Waals surface area contributed by atoms with E-state index in [2.05, 4.69) is 16.0 Å². The van der Waals surface area contributed by atoms with Gasteiger partial charge in [0.05, 0.1) is 24.3 Å². The highest BCUT2D eigenvalue weighted by Gasteiger charge is 2.33. The second-order valence-corrected chi connectivity index (χ2v) is 9.63. The molecule has 10 heteroatoms. The zero-order chi connectivity index (χ0) is 27.8. The summed E-state index contributed by atoms with van der Waals surface area (Å²) in [5, 5.41) is 26.3. The highest BCUT2D eigenvalue weighted by molar-refractivity contribution is 6.00. The Bertz CT molecular complexity index is 1220. The normalized spacial score (nSPS) is 17.8. The fourth-order valence-electron chi connectivity index (χ4n) is 5.03. The largest absolute Gasteiger partial charge is 0.480 e. The summed E-state index contributed by atoms with van der Waals surface area (Å²) in [6.45, 7) is 0.704. The lowest BCUT2D eigenvalue weighted by molar-refractivity contribution is -0.136. The molecule has 2 aromatic carbocycles. The number of aliphatic carboxylic acids is 1. The van der Waals surface area contributed by atoms with Gasteiger partial charge in [0.1, 0.15) is 5.84 Å². The summed E-state index contributed by atoms with van der Waals surface area (Å²) in [6.07, 6.45) is 5.00. The molecule has 1 fully saturated rings. The van der Waals surface area contributed by atoms with E-state index < -0.39 is 24.5 Å². The Balaban J connectivity index is 1.55. The number of nitrogens with one attached hydrogen (secondary N) is 4. The average Bonchev–Trinajstić information content (AvgIpc) is 3.49. The molecule has 0 radical (unpaired) electrons. The number of hydrogen-bond donors (Lipinski definition) is 6. The molecule has 2 aliphatic rings. The lowest BCUT2D eigenvalue weighted by Gasteiger charge is -2.31. The maximum atomic E-state index is 13.6. The molecule has 2 aliphatic heterocycles. The van der Waals surface area contributed by atoms with E-state index in [1.807, 2.05) is 60.7 Å². The number of rotatable bonds is 11. The summed E-state index contributed by atoms with van der Waals surface area (Å²) in [4.78, 5) is 39.7. The second kappa shape index (κ2) is 13.0. The molecule has 0 bridgehead atoms. The predicted octanol–water partition coefficient (Wildman–Crippen LogP) is 1.32. The van der Waals surface area contributed by atoms with Gasteiger partial charge in [-0.05, 0) is 42.2 Å². The molecule has 2 amide bonds. The molecule has 0 saturated carbocycles. The number of carboxylic acid groups (broad SMARTS) is 1. The Labute approximate surface area is 227 Å². The first-order valence-corrected chi connectivity index (χ1v) is 13.0. The Kier molecular flexibility index (Phi) is 9.24. The van der Waals surface area contributed by atoms with Crippen LogP contribution in [0.1, 0.15) is 29.9 Å². The van der Waals surface area contributed by atoms with Crippen LogP contribution < -0.4 is 21.7 Å². The molecule has 7 N–H and O–H groups in total. The van der Waals surface area contributed by atoms with Crippen LogP contribution >= 0.6 is 0 Å². The number of amides is 2. The van der Waals surface area contributed by atoms with E-state index in [4.69, 9.17) is 11.1 Å². The Morgan fingerprint density at radius 3 is 2.23 bits per heavy atom. The Morgan fingerprint density at radius 1 is 1.05 bits per heavy atom. The zero-order valence-corrected chi connectivity index (χ0v) is 21.6. The summed E-state index contributed by atoms with van der Waals surface area (Å²) in [5.41, 5.74) is 8.57.